The third-order valence-corrected chi connectivity index (χ3v) is 6.45. The minimum absolute atomic E-state index is 0.0613. The molecule has 2 aromatic carbocycles. The summed E-state index contributed by atoms with van der Waals surface area (Å²) in [6, 6.07) is 12.7. The fourth-order valence-electron chi connectivity index (χ4n) is 2.89. The molecule has 1 heterocycles. The predicted molar refractivity (Wildman–Crippen MR) is 98.6 cm³/mol. The van der Waals surface area contributed by atoms with Crippen molar-refractivity contribution in [2.75, 3.05) is 26.2 Å². The molecule has 1 aliphatic rings. The lowest BCUT2D eigenvalue weighted by molar-refractivity contribution is -0.384. The molecule has 0 radical (unpaired) electrons. The SMILES string of the molecule is O=[N+]([O-])c1ccc(CN2CCN(S(=O)(=O)c3cccc(Cl)c3)CC2)cc1. The van der Waals surface area contributed by atoms with Gasteiger partial charge in [-0.05, 0) is 23.8 Å². The minimum atomic E-state index is -3.55. The van der Waals surface area contributed by atoms with Gasteiger partial charge in [-0.3, -0.25) is 15.0 Å². The van der Waals surface area contributed by atoms with Crippen LogP contribution in [0.4, 0.5) is 5.69 Å². The van der Waals surface area contributed by atoms with Crippen molar-refractivity contribution in [3.8, 4) is 0 Å². The number of piperazine rings is 1. The van der Waals surface area contributed by atoms with Crippen molar-refractivity contribution in [3.63, 3.8) is 0 Å². The molecule has 0 bridgehead atoms. The summed E-state index contributed by atoms with van der Waals surface area (Å²) < 4.78 is 26.8. The van der Waals surface area contributed by atoms with Crippen LogP contribution in [0, 0.1) is 10.1 Å². The number of hydrogen-bond donors (Lipinski definition) is 0. The first-order valence-corrected chi connectivity index (χ1v) is 9.89. The number of non-ortho nitro benzene ring substituents is 1. The maximum Gasteiger partial charge on any atom is 0.269 e. The molecular formula is C17H18ClN3O4S. The molecule has 1 fully saturated rings. The van der Waals surface area contributed by atoms with E-state index in [2.05, 4.69) is 4.90 Å². The monoisotopic (exact) mass is 395 g/mol. The number of nitrogens with zero attached hydrogens (tertiary/aromatic N) is 3. The van der Waals surface area contributed by atoms with E-state index >= 15 is 0 Å². The molecule has 0 unspecified atom stereocenters. The Morgan fingerprint density at radius 3 is 2.27 bits per heavy atom. The first-order chi connectivity index (χ1) is 12.4. The van der Waals surface area contributed by atoms with Crippen LogP contribution in [0.5, 0.6) is 0 Å². The van der Waals surface area contributed by atoms with E-state index in [4.69, 9.17) is 11.6 Å². The molecule has 9 heteroatoms. The number of sulfonamides is 1. The van der Waals surface area contributed by atoms with Crippen LogP contribution in [0.15, 0.2) is 53.4 Å². The molecule has 0 N–H and O–H groups in total. The summed E-state index contributed by atoms with van der Waals surface area (Å²) in [5.74, 6) is 0. The van der Waals surface area contributed by atoms with Crippen molar-refractivity contribution in [1.82, 2.24) is 9.21 Å². The molecule has 0 spiro atoms. The summed E-state index contributed by atoms with van der Waals surface area (Å²) in [6.45, 7) is 2.60. The maximum atomic E-state index is 12.7. The summed E-state index contributed by atoms with van der Waals surface area (Å²) in [7, 11) is -3.55. The molecule has 1 aliphatic heterocycles. The van der Waals surface area contributed by atoms with Gasteiger partial charge in [0, 0.05) is 49.9 Å². The molecule has 0 saturated carbocycles. The zero-order valence-electron chi connectivity index (χ0n) is 13.9. The van der Waals surface area contributed by atoms with E-state index in [0.29, 0.717) is 37.7 Å². The van der Waals surface area contributed by atoms with E-state index in [9.17, 15) is 18.5 Å². The molecule has 26 heavy (non-hydrogen) atoms. The molecule has 0 aliphatic carbocycles. The van der Waals surface area contributed by atoms with E-state index in [-0.39, 0.29) is 10.6 Å². The van der Waals surface area contributed by atoms with Gasteiger partial charge in [0.2, 0.25) is 10.0 Å². The second-order valence-electron chi connectivity index (χ2n) is 6.06. The zero-order chi connectivity index (χ0) is 18.7. The van der Waals surface area contributed by atoms with Crippen molar-refractivity contribution in [3.05, 3.63) is 69.2 Å². The van der Waals surface area contributed by atoms with Crippen molar-refractivity contribution in [2.45, 2.75) is 11.4 Å². The summed E-state index contributed by atoms with van der Waals surface area (Å²) >= 11 is 5.90. The van der Waals surface area contributed by atoms with Crippen molar-refractivity contribution < 1.29 is 13.3 Å². The molecule has 138 valence electrons. The number of halogens is 1. The Morgan fingerprint density at radius 1 is 1.04 bits per heavy atom. The summed E-state index contributed by atoms with van der Waals surface area (Å²) in [6.07, 6.45) is 0. The average Bonchev–Trinajstić information content (AvgIpc) is 2.62. The summed E-state index contributed by atoms with van der Waals surface area (Å²) in [5.41, 5.74) is 1.02. The summed E-state index contributed by atoms with van der Waals surface area (Å²) in [5, 5.41) is 11.1. The third-order valence-electron chi connectivity index (χ3n) is 4.32. The molecule has 1 saturated heterocycles. The van der Waals surface area contributed by atoms with Gasteiger partial charge in [0.05, 0.1) is 9.82 Å². The van der Waals surface area contributed by atoms with Crippen LogP contribution in [0.2, 0.25) is 5.02 Å². The fraction of sp³-hybridized carbons (Fsp3) is 0.294. The highest BCUT2D eigenvalue weighted by molar-refractivity contribution is 7.89. The normalized spacial score (nSPS) is 16.5. The standard InChI is InChI=1S/C17H18ClN3O4S/c18-15-2-1-3-17(12-15)26(24,25)20-10-8-19(9-11-20)13-14-4-6-16(7-5-14)21(22)23/h1-7,12H,8-11,13H2. The van der Waals surface area contributed by atoms with Gasteiger partial charge in [-0.15, -0.1) is 0 Å². The Labute approximate surface area is 157 Å². The van der Waals surface area contributed by atoms with Crippen LogP contribution >= 0.6 is 11.6 Å². The smallest absolute Gasteiger partial charge is 0.269 e. The van der Waals surface area contributed by atoms with Crippen molar-refractivity contribution >= 4 is 27.3 Å². The third kappa shape index (κ3) is 4.21. The largest absolute Gasteiger partial charge is 0.296 e. The highest BCUT2D eigenvalue weighted by Gasteiger charge is 2.28. The van der Waals surface area contributed by atoms with Gasteiger partial charge in [-0.2, -0.15) is 4.31 Å². The van der Waals surface area contributed by atoms with Gasteiger partial charge in [0.15, 0.2) is 0 Å². The first kappa shape index (κ1) is 18.8. The van der Waals surface area contributed by atoms with Crippen LogP contribution in [0.1, 0.15) is 5.56 Å². The van der Waals surface area contributed by atoms with Crippen LogP contribution in [-0.4, -0.2) is 48.7 Å². The minimum Gasteiger partial charge on any atom is -0.296 e. The average molecular weight is 396 g/mol. The molecule has 0 amide bonds. The van der Waals surface area contributed by atoms with Gasteiger partial charge < -0.3 is 0 Å². The molecule has 0 atom stereocenters. The Morgan fingerprint density at radius 2 is 1.69 bits per heavy atom. The number of rotatable bonds is 5. The van der Waals surface area contributed by atoms with Crippen LogP contribution < -0.4 is 0 Å². The highest BCUT2D eigenvalue weighted by atomic mass is 35.5. The lowest BCUT2D eigenvalue weighted by atomic mass is 10.2. The van der Waals surface area contributed by atoms with Crippen LogP contribution in [-0.2, 0) is 16.6 Å². The van der Waals surface area contributed by atoms with E-state index in [1.807, 2.05) is 0 Å². The Hall–Kier alpha value is -2.00. The number of nitro groups is 1. The molecule has 7 nitrogen and oxygen atoms in total. The van der Waals surface area contributed by atoms with Gasteiger partial charge in [-0.25, -0.2) is 8.42 Å². The van der Waals surface area contributed by atoms with E-state index < -0.39 is 14.9 Å². The van der Waals surface area contributed by atoms with Gasteiger partial charge >= 0.3 is 0 Å². The second-order valence-corrected chi connectivity index (χ2v) is 8.44. The molecule has 3 rings (SSSR count). The lowest BCUT2D eigenvalue weighted by Crippen LogP contribution is -2.48. The van der Waals surface area contributed by atoms with Crippen molar-refractivity contribution in [1.29, 1.82) is 0 Å². The quantitative estimate of drug-likeness (QED) is 0.574. The van der Waals surface area contributed by atoms with Gasteiger partial charge in [-0.1, -0.05) is 29.8 Å². The number of hydrogen-bond acceptors (Lipinski definition) is 5. The summed E-state index contributed by atoms with van der Waals surface area (Å²) in [4.78, 5) is 12.6. The highest BCUT2D eigenvalue weighted by Crippen LogP contribution is 2.21. The van der Waals surface area contributed by atoms with Crippen molar-refractivity contribution in [2.24, 2.45) is 0 Å². The van der Waals surface area contributed by atoms with Crippen LogP contribution in [0.3, 0.4) is 0 Å². The first-order valence-electron chi connectivity index (χ1n) is 8.08. The van der Waals surface area contributed by atoms with E-state index in [0.717, 1.165) is 5.56 Å². The molecule has 2 aromatic rings. The number of nitro benzene ring substituents is 1. The topological polar surface area (TPSA) is 83.8 Å². The predicted octanol–water partition coefficient (Wildman–Crippen LogP) is 2.75. The van der Waals surface area contributed by atoms with E-state index in [1.165, 1.54) is 22.5 Å². The van der Waals surface area contributed by atoms with E-state index in [1.54, 1.807) is 30.3 Å². The Bertz CT molecular complexity index is 894. The Kier molecular flexibility index (Phi) is 5.57. The molecular weight excluding hydrogens is 378 g/mol. The van der Waals surface area contributed by atoms with Crippen LogP contribution in [0.25, 0.3) is 0 Å². The second kappa shape index (κ2) is 7.71. The number of benzene rings is 2. The maximum absolute atomic E-state index is 12.7. The molecule has 0 aromatic heterocycles. The fourth-order valence-corrected chi connectivity index (χ4v) is 4.61. The zero-order valence-corrected chi connectivity index (χ0v) is 15.5. The Balaban J connectivity index is 1.61. The van der Waals surface area contributed by atoms with Gasteiger partial charge in [0.1, 0.15) is 0 Å². The lowest BCUT2D eigenvalue weighted by Gasteiger charge is -2.34. The van der Waals surface area contributed by atoms with Gasteiger partial charge in [0.25, 0.3) is 5.69 Å².